The van der Waals surface area contributed by atoms with E-state index in [1.165, 1.54) is 70.6 Å². The lowest BCUT2D eigenvalue weighted by molar-refractivity contribution is 0.402. The van der Waals surface area contributed by atoms with Crippen molar-refractivity contribution in [2.24, 2.45) is 11.8 Å². The predicted molar refractivity (Wildman–Crippen MR) is 69.1 cm³/mol. The van der Waals surface area contributed by atoms with E-state index in [4.69, 9.17) is 0 Å². The topological polar surface area (TPSA) is 0 Å². The van der Waals surface area contributed by atoms with Crippen molar-refractivity contribution in [2.75, 3.05) is 0 Å². The van der Waals surface area contributed by atoms with Gasteiger partial charge in [-0.2, -0.15) is 0 Å². The third kappa shape index (κ3) is 6.98. The largest absolute Gasteiger partial charge is 0.0625 e. The normalized spacial score (nSPS) is 32.4. The molecule has 0 saturated heterocycles. The highest BCUT2D eigenvalue weighted by Gasteiger charge is 2.06. The summed E-state index contributed by atoms with van der Waals surface area (Å²) < 4.78 is 0. The first kappa shape index (κ1) is 13.1. The Balaban J connectivity index is 2.21. The van der Waals surface area contributed by atoms with E-state index in [2.05, 4.69) is 13.8 Å². The van der Waals surface area contributed by atoms with E-state index in [0.29, 0.717) is 0 Å². The van der Waals surface area contributed by atoms with Gasteiger partial charge in [-0.15, -0.1) is 0 Å². The van der Waals surface area contributed by atoms with Gasteiger partial charge in [-0.25, -0.2) is 0 Å². The lowest BCUT2D eigenvalue weighted by Gasteiger charge is -2.13. The van der Waals surface area contributed by atoms with Crippen LogP contribution in [0.3, 0.4) is 0 Å². The molecule has 0 nitrogen and oxygen atoms in total. The van der Waals surface area contributed by atoms with Crippen LogP contribution in [-0.2, 0) is 0 Å². The molecule has 0 spiro atoms. The molecule has 1 aliphatic carbocycles. The molecule has 1 fully saturated rings. The Morgan fingerprint density at radius 1 is 0.467 bits per heavy atom. The molecule has 15 heavy (non-hydrogen) atoms. The number of rotatable bonds is 0. The van der Waals surface area contributed by atoms with Crippen LogP contribution in [0.25, 0.3) is 0 Å². The van der Waals surface area contributed by atoms with Crippen LogP contribution in [0.1, 0.15) is 84.5 Å². The average molecular weight is 210 g/mol. The van der Waals surface area contributed by atoms with E-state index in [1.807, 2.05) is 0 Å². The standard InChI is InChI=1S/C15H30/c1-14-10-7-5-3-4-6-8-11-15(2)13-9-12-14/h14-15H,3-13H2,1-2H3. The first-order chi connectivity index (χ1) is 7.29. The first-order valence-electron chi connectivity index (χ1n) is 7.29. The zero-order valence-electron chi connectivity index (χ0n) is 10.9. The Morgan fingerprint density at radius 3 is 1.27 bits per heavy atom. The highest BCUT2D eigenvalue weighted by molar-refractivity contribution is 4.60. The van der Waals surface area contributed by atoms with Crippen LogP contribution in [0.5, 0.6) is 0 Å². The van der Waals surface area contributed by atoms with Crippen LogP contribution in [-0.4, -0.2) is 0 Å². The third-order valence-electron chi connectivity index (χ3n) is 4.04. The van der Waals surface area contributed by atoms with E-state index in [9.17, 15) is 0 Å². The van der Waals surface area contributed by atoms with Gasteiger partial charge in [0.2, 0.25) is 0 Å². The van der Waals surface area contributed by atoms with Gasteiger partial charge in [-0.3, -0.25) is 0 Å². The zero-order valence-corrected chi connectivity index (χ0v) is 10.9. The van der Waals surface area contributed by atoms with Gasteiger partial charge in [-0.1, -0.05) is 84.5 Å². The summed E-state index contributed by atoms with van der Waals surface area (Å²) in [6.45, 7) is 4.90. The molecule has 2 unspecified atom stereocenters. The molecule has 0 aromatic rings. The molecule has 1 aliphatic rings. The van der Waals surface area contributed by atoms with E-state index in [0.717, 1.165) is 11.8 Å². The van der Waals surface area contributed by atoms with Crippen LogP contribution in [0.15, 0.2) is 0 Å². The van der Waals surface area contributed by atoms with Gasteiger partial charge in [0.05, 0.1) is 0 Å². The molecule has 0 heteroatoms. The Hall–Kier alpha value is 0. The van der Waals surface area contributed by atoms with Crippen molar-refractivity contribution in [1.29, 1.82) is 0 Å². The van der Waals surface area contributed by atoms with Crippen molar-refractivity contribution < 1.29 is 0 Å². The second-order valence-electron chi connectivity index (χ2n) is 5.84. The van der Waals surface area contributed by atoms with Gasteiger partial charge in [0.25, 0.3) is 0 Å². The Morgan fingerprint density at radius 2 is 0.800 bits per heavy atom. The van der Waals surface area contributed by atoms with Crippen molar-refractivity contribution in [3.05, 3.63) is 0 Å². The number of hydrogen-bond acceptors (Lipinski definition) is 0. The Kier molecular flexibility index (Phi) is 7.13. The molecular weight excluding hydrogens is 180 g/mol. The summed E-state index contributed by atoms with van der Waals surface area (Å²) in [6, 6.07) is 0. The molecule has 0 heterocycles. The summed E-state index contributed by atoms with van der Waals surface area (Å²) in [5.41, 5.74) is 0. The fourth-order valence-electron chi connectivity index (χ4n) is 2.80. The van der Waals surface area contributed by atoms with Crippen LogP contribution in [0.2, 0.25) is 0 Å². The highest BCUT2D eigenvalue weighted by Crippen LogP contribution is 2.22. The summed E-state index contributed by atoms with van der Waals surface area (Å²) in [6.07, 6.45) is 16.3. The molecule has 0 radical (unpaired) electrons. The summed E-state index contributed by atoms with van der Waals surface area (Å²) >= 11 is 0. The predicted octanol–water partition coefficient (Wildman–Crippen LogP) is 5.56. The molecule has 0 bridgehead atoms. The minimum atomic E-state index is 0.984. The maximum absolute atomic E-state index is 2.45. The van der Waals surface area contributed by atoms with Gasteiger partial charge < -0.3 is 0 Å². The smallest absolute Gasteiger partial charge is 0.0443 e. The fraction of sp³-hybridized carbons (Fsp3) is 1.00. The van der Waals surface area contributed by atoms with E-state index >= 15 is 0 Å². The molecule has 0 aliphatic heterocycles. The van der Waals surface area contributed by atoms with Crippen LogP contribution < -0.4 is 0 Å². The summed E-state index contributed by atoms with van der Waals surface area (Å²) in [7, 11) is 0. The lowest BCUT2D eigenvalue weighted by Crippen LogP contribution is -1.98. The molecule has 90 valence electrons. The summed E-state index contributed by atoms with van der Waals surface area (Å²) in [5.74, 6) is 1.97. The van der Waals surface area contributed by atoms with Crippen molar-refractivity contribution in [1.82, 2.24) is 0 Å². The van der Waals surface area contributed by atoms with Crippen LogP contribution in [0.4, 0.5) is 0 Å². The van der Waals surface area contributed by atoms with Gasteiger partial charge in [0.1, 0.15) is 0 Å². The van der Waals surface area contributed by atoms with Crippen LogP contribution >= 0.6 is 0 Å². The fourth-order valence-corrected chi connectivity index (χ4v) is 2.80. The van der Waals surface area contributed by atoms with Crippen molar-refractivity contribution >= 4 is 0 Å². The second kappa shape index (κ2) is 8.19. The Labute approximate surface area is 96.8 Å². The zero-order chi connectivity index (χ0) is 10.9. The maximum atomic E-state index is 2.45. The summed E-state index contributed by atoms with van der Waals surface area (Å²) in [4.78, 5) is 0. The molecular formula is C15H30. The quantitative estimate of drug-likeness (QED) is 0.491. The second-order valence-corrected chi connectivity index (χ2v) is 5.84. The van der Waals surface area contributed by atoms with Gasteiger partial charge in [0, 0.05) is 0 Å². The lowest BCUT2D eigenvalue weighted by atomic mass is 9.93. The summed E-state index contributed by atoms with van der Waals surface area (Å²) in [5, 5.41) is 0. The molecule has 1 saturated carbocycles. The third-order valence-corrected chi connectivity index (χ3v) is 4.04. The first-order valence-corrected chi connectivity index (χ1v) is 7.29. The molecule has 2 atom stereocenters. The molecule has 0 aromatic carbocycles. The van der Waals surface area contributed by atoms with Crippen LogP contribution in [0, 0.1) is 11.8 Å². The molecule has 1 rings (SSSR count). The number of hydrogen-bond donors (Lipinski definition) is 0. The SMILES string of the molecule is CC1CCCCCCCCC(C)CCC1. The molecule has 0 amide bonds. The monoisotopic (exact) mass is 210 g/mol. The molecule has 0 aromatic heterocycles. The van der Waals surface area contributed by atoms with E-state index < -0.39 is 0 Å². The molecule has 0 N–H and O–H groups in total. The minimum Gasteiger partial charge on any atom is -0.0625 e. The van der Waals surface area contributed by atoms with E-state index in [-0.39, 0.29) is 0 Å². The van der Waals surface area contributed by atoms with Crippen molar-refractivity contribution in [3.8, 4) is 0 Å². The van der Waals surface area contributed by atoms with Crippen molar-refractivity contribution in [2.45, 2.75) is 84.5 Å². The van der Waals surface area contributed by atoms with Crippen molar-refractivity contribution in [3.63, 3.8) is 0 Å². The minimum absolute atomic E-state index is 0.984. The highest BCUT2D eigenvalue weighted by atomic mass is 14.1. The Bertz CT molecular complexity index is 123. The van der Waals surface area contributed by atoms with E-state index in [1.54, 1.807) is 0 Å². The van der Waals surface area contributed by atoms with Gasteiger partial charge >= 0.3 is 0 Å². The van der Waals surface area contributed by atoms with Gasteiger partial charge in [0.15, 0.2) is 0 Å². The maximum Gasteiger partial charge on any atom is -0.0443 e. The van der Waals surface area contributed by atoms with Gasteiger partial charge in [-0.05, 0) is 11.8 Å². The average Bonchev–Trinajstić information content (AvgIpc) is 2.22.